The molecule has 1 heterocycles. The van der Waals surface area contributed by atoms with Crippen LogP contribution in [-0.2, 0) is 6.54 Å². The molecule has 1 aromatic carbocycles. The highest BCUT2D eigenvalue weighted by atomic mass is 35.5. The summed E-state index contributed by atoms with van der Waals surface area (Å²) in [4.78, 5) is 3.89. The summed E-state index contributed by atoms with van der Waals surface area (Å²) in [5, 5.41) is 4.23. The average molecular weight is 268 g/mol. The van der Waals surface area contributed by atoms with E-state index in [1.54, 1.807) is 12.3 Å². The monoisotopic (exact) mass is 267 g/mol. The van der Waals surface area contributed by atoms with E-state index in [-0.39, 0.29) is 0 Å². The predicted octanol–water partition coefficient (Wildman–Crippen LogP) is 3.58. The van der Waals surface area contributed by atoms with Gasteiger partial charge in [-0.15, -0.1) is 0 Å². The van der Waals surface area contributed by atoms with Gasteiger partial charge in [0.15, 0.2) is 5.15 Å². The summed E-state index contributed by atoms with van der Waals surface area (Å²) in [6, 6.07) is 9.39. The number of aromatic nitrogens is 1. The Morgan fingerprint density at radius 1 is 1.12 bits per heavy atom. The molecule has 0 saturated carbocycles. The molecule has 2 rings (SSSR count). The van der Waals surface area contributed by atoms with Gasteiger partial charge in [0.1, 0.15) is 0 Å². The van der Waals surface area contributed by atoms with Crippen LogP contribution in [-0.4, -0.2) is 4.98 Å². The summed E-state index contributed by atoms with van der Waals surface area (Å²) in [6.07, 6.45) is 1.61. The number of nitrogens with two attached hydrogens (primary N) is 1. The molecule has 0 atom stereocenters. The number of benzene rings is 1. The normalized spacial score (nSPS) is 10.2. The molecule has 0 saturated heterocycles. The van der Waals surface area contributed by atoms with Crippen molar-refractivity contribution in [3.8, 4) is 0 Å². The lowest BCUT2D eigenvalue weighted by Crippen LogP contribution is -2.03. The van der Waals surface area contributed by atoms with E-state index in [0.29, 0.717) is 17.4 Å². The van der Waals surface area contributed by atoms with E-state index in [9.17, 15) is 0 Å². The van der Waals surface area contributed by atoms with E-state index in [1.807, 2.05) is 24.3 Å². The number of halogens is 2. The van der Waals surface area contributed by atoms with Crippen LogP contribution in [0.25, 0.3) is 0 Å². The lowest BCUT2D eigenvalue weighted by molar-refractivity contribution is 1.14. The third-order valence-electron chi connectivity index (χ3n) is 2.34. The van der Waals surface area contributed by atoms with Gasteiger partial charge in [0, 0.05) is 17.8 Å². The third-order valence-corrected chi connectivity index (χ3v) is 2.89. The van der Waals surface area contributed by atoms with Crippen molar-refractivity contribution in [3.63, 3.8) is 0 Å². The number of hydrogen-bond donors (Lipinski definition) is 2. The van der Waals surface area contributed by atoms with Crippen LogP contribution in [0.2, 0.25) is 10.2 Å². The summed E-state index contributed by atoms with van der Waals surface area (Å²) in [7, 11) is 0. The SMILES string of the molecule is Nc1c(NCc2ccc(Cl)cc2)ccnc1Cl. The number of pyridine rings is 1. The number of nitrogens with zero attached hydrogens (tertiary/aromatic N) is 1. The van der Waals surface area contributed by atoms with E-state index in [2.05, 4.69) is 10.3 Å². The summed E-state index contributed by atoms with van der Waals surface area (Å²) >= 11 is 11.6. The Balaban J connectivity index is 2.07. The second kappa shape index (κ2) is 5.25. The van der Waals surface area contributed by atoms with Gasteiger partial charge in [0.05, 0.1) is 11.4 Å². The van der Waals surface area contributed by atoms with Gasteiger partial charge in [0.25, 0.3) is 0 Å². The maximum atomic E-state index is 5.82. The highest BCUT2D eigenvalue weighted by Crippen LogP contribution is 2.24. The number of nitrogens with one attached hydrogen (secondary N) is 1. The first-order chi connectivity index (χ1) is 8.16. The Kier molecular flexibility index (Phi) is 3.71. The standard InChI is InChI=1S/C12H11Cl2N3/c13-9-3-1-8(2-4-9)7-17-10-5-6-16-12(14)11(10)15/h1-6H,7,15H2,(H,16,17). The molecule has 3 nitrogen and oxygen atoms in total. The van der Waals surface area contributed by atoms with Crippen LogP contribution in [0.4, 0.5) is 11.4 Å². The first-order valence-corrected chi connectivity index (χ1v) is 5.80. The van der Waals surface area contributed by atoms with E-state index >= 15 is 0 Å². The highest BCUT2D eigenvalue weighted by molar-refractivity contribution is 6.32. The second-order valence-electron chi connectivity index (χ2n) is 3.54. The highest BCUT2D eigenvalue weighted by Gasteiger charge is 2.03. The molecular formula is C12H11Cl2N3. The predicted molar refractivity (Wildman–Crippen MR) is 72.4 cm³/mol. The lowest BCUT2D eigenvalue weighted by Gasteiger charge is -2.09. The molecule has 3 N–H and O–H groups in total. The van der Waals surface area contributed by atoms with Gasteiger partial charge >= 0.3 is 0 Å². The minimum atomic E-state index is 0.311. The van der Waals surface area contributed by atoms with Crippen molar-refractivity contribution in [2.24, 2.45) is 0 Å². The molecule has 2 aromatic rings. The zero-order chi connectivity index (χ0) is 12.3. The number of rotatable bonds is 3. The van der Waals surface area contributed by atoms with Gasteiger partial charge in [-0.2, -0.15) is 0 Å². The number of hydrogen-bond acceptors (Lipinski definition) is 3. The molecule has 1 aromatic heterocycles. The Morgan fingerprint density at radius 3 is 2.53 bits per heavy atom. The van der Waals surface area contributed by atoms with Crippen LogP contribution in [0.3, 0.4) is 0 Å². The van der Waals surface area contributed by atoms with Gasteiger partial charge in [-0.25, -0.2) is 4.98 Å². The van der Waals surface area contributed by atoms with Crippen LogP contribution in [0.1, 0.15) is 5.56 Å². The molecule has 0 radical (unpaired) electrons. The zero-order valence-corrected chi connectivity index (χ0v) is 10.5. The molecule has 0 unspecified atom stereocenters. The van der Waals surface area contributed by atoms with Crippen LogP contribution in [0.15, 0.2) is 36.5 Å². The summed E-state index contributed by atoms with van der Waals surface area (Å²) in [5.74, 6) is 0. The smallest absolute Gasteiger partial charge is 0.153 e. The average Bonchev–Trinajstić information content (AvgIpc) is 2.33. The second-order valence-corrected chi connectivity index (χ2v) is 4.34. The summed E-state index contributed by atoms with van der Waals surface area (Å²) < 4.78 is 0. The Morgan fingerprint density at radius 2 is 1.82 bits per heavy atom. The molecular weight excluding hydrogens is 257 g/mol. The fraction of sp³-hybridized carbons (Fsp3) is 0.0833. The quantitative estimate of drug-likeness (QED) is 0.836. The van der Waals surface area contributed by atoms with E-state index in [1.165, 1.54) is 0 Å². The molecule has 88 valence electrons. The molecule has 0 aliphatic rings. The van der Waals surface area contributed by atoms with Crippen molar-refractivity contribution in [2.45, 2.75) is 6.54 Å². The lowest BCUT2D eigenvalue weighted by atomic mass is 10.2. The first kappa shape index (κ1) is 12.0. The Labute approximate surface area is 110 Å². The third kappa shape index (κ3) is 3.02. The fourth-order valence-electron chi connectivity index (χ4n) is 1.40. The van der Waals surface area contributed by atoms with Crippen LogP contribution in [0.5, 0.6) is 0 Å². The molecule has 5 heteroatoms. The minimum absolute atomic E-state index is 0.311. The van der Waals surface area contributed by atoms with Crippen molar-refractivity contribution in [2.75, 3.05) is 11.1 Å². The topological polar surface area (TPSA) is 50.9 Å². The van der Waals surface area contributed by atoms with Crippen LogP contribution in [0, 0.1) is 0 Å². The van der Waals surface area contributed by atoms with Crippen molar-refractivity contribution >= 4 is 34.6 Å². The Hall–Kier alpha value is -1.45. The number of nitrogen functional groups attached to an aromatic ring is 1. The minimum Gasteiger partial charge on any atom is -0.395 e. The number of anilines is 2. The van der Waals surface area contributed by atoms with E-state index < -0.39 is 0 Å². The molecule has 0 bridgehead atoms. The van der Waals surface area contributed by atoms with Gasteiger partial charge in [-0.3, -0.25) is 0 Å². The van der Waals surface area contributed by atoms with Crippen LogP contribution < -0.4 is 11.1 Å². The van der Waals surface area contributed by atoms with Crippen molar-refractivity contribution in [1.29, 1.82) is 0 Å². The van der Waals surface area contributed by atoms with E-state index in [4.69, 9.17) is 28.9 Å². The van der Waals surface area contributed by atoms with Crippen molar-refractivity contribution in [3.05, 3.63) is 52.3 Å². The van der Waals surface area contributed by atoms with Crippen molar-refractivity contribution < 1.29 is 0 Å². The van der Waals surface area contributed by atoms with Crippen molar-refractivity contribution in [1.82, 2.24) is 4.98 Å². The molecule has 0 spiro atoms. The molecule has 0 aliphatic heterocycles. The van der Waals surface area contributed by atoms with E-state index in [0.717, 1.165) is 16.3 Å². The maximum Gasteiger partial charge on any atom is 0.153 e. The van der Waals surface area contributed by atoms with Crippen LogP contribution >= 0.6 is 23.2 Å². The Bertz CT molecular complexity index is 512. The molecule has 0 aliphatic carbocycles. The van der Waals surface area contributed by atoms with Gasteiger partial charge in [-0.05, 0) is 23.8 Å². The largest absolute Gasteiger partial charge is 0.395 e. The fourth-order valence-corrected chi connectivity index (χ4v) is 1.69. The maximum absolute atomic E-state index is 5.82. The molecule has 17 heavy (non-hydrogen) atoms. The zero-order valence-electron chi connectivity index (χ0n) is 8.95. The van der Waals surface area contributed by atoms with Gasteiger partial charge in [0.2, 0.25) is 0 Å². The van der Waals surface area contributed by atoms with Gasteiger partial charge < -0.3 is 11.1 Å². The summed E-state index contributed by atoms with van der Waals surface area (Å²) in [5.41, 5.74) is 8.14. The molecule has 0 amide bonds. The van der Waals surface area contributed by atoms with Gasteiger partial charge in [-0.1, -0.05) is 35.3 Å². The first-order valence-electron chi connectivity index (χ1n) is 5.05. The summed E-state index contributed by atoms with van der Waals surface area (Å²) in [6.45, 7) is 0.654. The molecule has 0 fully saturated rings.